The van der Waals surface area contributed by atoms with Gasteiger partial charge in [-0.2, -0.15) is 0 Å². The van der Waals surface area contributed by atoms with Gasteiger partial charge in [0, 0.05) is 31.2 Å². The molecule has 0 saturated carbocycles. The Morgan fingerprint density at radius 2 is 1.86 bits per heavy atom. The molecule has 1 aliphatic rings. The van der Waals surface area contributed by atoms with Gasteiger partial charge < -0.3 is 10.2 Å². The molecule has 1 aromatic carbocycles. The second-order valence-electron chi connectivity index (χ2n) is 6.71. The van der Waals surface area contributed by atoms with Crippen LogP contribution >= 0.6 is 0 Å². The summed E-state index contributed by atoms with van der Waals surface area (Å²) < 4.78 is 14.1. The first kappa shape index (κ1) is 16.4. The molecule has 1 aromatic rings. The summed E-state index contributed by atoms with van der Waals surface area (Å²) in [6.07, 6.45) is 0. The minimum Gasteiger partial charge on any atom is -0.310 e. The monoisotopic (exact) mass is 292 g/mol. The van der Waals surface area contributed by atoms with E-state index in [0.29, 0.717) is 5.92 Å². The van der Waals surface area contributed by atoms with Crippen molar-refractivity contribution in [3.8, 4) is 0 Å². The van der Waals surface area contributed by atoms with E-state index in [1.807, 2.05) is 12.1 Å². The molecule has 0 radical (unpaired) electrons. The Kier molecular flexibility index (Phi) is 5.77. The lowest BCUT2D eigenvalue weighted by atomic mass is 9.93. The molecule has 0 aromatic heterocycles. The maximum Gasteiger partial charge on any atom is 0.127 e. The van der Waals surface area contributed by atoms with Gasteiger partial charge in [-0.15, -0.1) is 0 Å². The van der Waals surface area contributed by atoms with Gasteiger partial charge in [0.05, 0.1) is 0 Å². The third kappa shape index (κ3) is 4.04. The number of rotatable bonds is 6. The average molecular weight is 292 g/mol. The van der Waals surface area contributed by atoms with Gasteiger partial charge in [-0.1, -0.05) is 45.9 Å². The van der Waals surface area contributed by atoms with Crippen LogP contribution in [0.2, 0.25) is 0 Å². The number of nitrogens with one attached hydrogen (secondary N) is 1. The molecule has 1 heterocycles. The Hall–Kier alpha value is -0.930. The van der Waals surface area contributed by atoms with E-state index in [-0.39, 0.29) is 11.9 Å². The lowest BCUT2D eigenvalue weighted by Gasteiger charge is -2.29. The van der Waals surface area contributed by atoms with Crippen LogP contribution in [-0.2, 0) is 0 Å². The van der Waals surface area contributed by atoms with E-state index in [2.05, 4.69) is 37.9 Å². The summed E-state index contributed by atoms with van der Waals surface area (Å²) in [6, 6.07) is 7.24. The SMILES string of the molecule is CCNC(c1ccccc1F)C(C)CN1CC(C)C(C)C1. The number of benzene rings is 1. The zero-order valence-corrected chi connectivity index (χ0v) is 13.8. The summed E-state index contributed by atoms with van der Waals surface area (Å²) in [6.45, 7) is 13.2. The zero-order chi connectivity index (χ0) is 15.4. The lowest BCUT2D eigenvalue weighted by molar-refractivity contribution is 0.238. The molecule has 1 saturated heterocycles. The van der Waals surface area contributed by atoms with Crippen LogP contribution in [-0.4, -0.2) is 31.1 Å². The number of hydrogen-bond donors (Lipinski definition) is 1. The van der Waals surface area contributed by atoms with Crippen LogP contribution in [0, 0.1) is 23.6 Å². The second-order valence-corrected chi connectivity index (χ2v) is 6.71. The summed E-state index contributed by atoms with van der Waals surface area (Å²) in [5, 5.41) is 3.47. The van der Waals surface area contributed by atoms with Crippen LogP contribution < -0.4 is 5.32 Å². The van der Waals surface area contributed by atoms with E-state index in [0.717, 1.165) is 30.5 Å². The molecule has 0 amide bonds. The third-order valence-electron chi connectivity index (χ3n) is 4.84. The molecular weight excluding hydrogens is 263 g/mol. The lowest BCUT2D eigenvalue weighted by Crippen LogP contribution is -2.35. The summed E-state index contributed by atoms with van der Waals surface area (Å²) >= 11 is 0. The first-order valence-electron chi connectivity index (χ1n) is 8.23. The number of nitrogens with zero attached hydrogens (tertiary/aromatic N) is 1. The summed E-state index contributed by atoms with van der Waals surface area (Å²) in [5.41, 5.74) is 0.798. The van der Waals surface area contributed by atoms with E-state index in [4.69, 9.17) is 0 Å². The number of halogens is 1. The smallest absolute Gasteiger partial charge is 0.127 e. The second kappa shape index (κ2) is 7.37. The highest BCUT2D eigenvalue weighted by Gasteiger charge is 2.29. The molecule has 0 bridgehead atoms. The van der Waals surface area contributed by atoms with Crippen molar-refractivity contribution in [2.75, 3.05) is 26.2 Å². The maximum atomic E-state index is 14.1. The predicted molar refractivity (Wildman–Crippen MR) is 86.7 cm³/mol. The molecular formula is C18H29FN2. The first-order valence-corrected chi connectivity index (χ1v) is 8.23. The van der Waals surface area contributed by atoms with Gasteiger partial charge >= 0.3 is 0 Å². The van der Waals surface area contributed by atoms with Gasteiger partial charge in [0.25, 0.3) is 0 Å². The van der Waals surface area contributed by atoms with Gasteiger partial charge in [0.2, 0.25) is 0 Å². The van der Waals surface area contributed by atoms with Gasteiger partial charge in [-0.25, -0.2) is 4.39 Å². The van der Waals surface area contributed by atoms with Crippen LogP contribution in [0.4, 0.5) is 4.39 Å². The minimum absolute atomic E-state index is 0.0856. The highest BCUT2D eigenvalue weighted by Crippen LogP contribution is 2.28. The third-order valence-corrected chi connectivity index (χ3v) is 4.84. The zero-order valence-electron chi connectivity index (χ0n) is 13.8. The molecule has 0 spiro atoms. The van der Waals surface area contributed by atoms with Crippen LogP contribution in [0.3, 0.4) is 0 Å². The molecule has 4 atom stereocenters. The van der Waals surface area contributed by atoms with Gasteiger partial charge in [0.15, 0.2) is 0 Å². The van der Waals surface area contributed by atoms with Crippen molar-refractivity contribution in [3.05, 3.63) is 35.6 Å². The highest BCUT2D eigenvalue weighted by molar-refractivity contribution is 5.22. The van der Waals surface area contributed by atoms with Crippen molar-refractivity contribution in [1.82, 2.24) is 10.2 Å². The van der Waals surface area contributed by atoms with E-state index >= 15 is 0 Å². The Morgan fingerprint density at radius 3 is 2.43 bits per heavy atom. The van der Waals surface area contributed by atoms with E-state index in [9.17, 15) is 4.39 Å². The normalized spacial score (nSPS) is 26.0. The molecule has 1 N–H and O–H groups in total. The van der Waals surface area contributed by atoms with E-state index in [1.54, 1.807) is 12.1 Å². The molecule has 2 nitrogen and oxygen atoms in total. The number of hydrogen-bond acceptors (Lipinski definition) is 2. The van der Waals surface area contributed by atoms with Gasteiger partial charge in [-0.3, -0.25) is 0 Å². The molecule has 4 unspecified atom stereocenters. The van der Waals surface area contributed by atoms with Crippen LogP contribution in [0.1, 0.15) is 39.3 Å². The molecule has 1 fully saturated rings. The quantitative estimate of drug-likeness (QED) is 0.860. The van der Waals surface area contributed by atoms with Crippen LogP contribution in [0.5, 0.6) is 0 Å². The van der Waals surface area contributed by atoms with Gasteiger partial charge in [-0.05, 0) is 30.4 Å². The van der Waals surface area contributed by atoms with Gasteiger partial charge in [0.1, 0.15) is 5.82 Å². The Labute approximate surface area is 128 Å². The maximum absolute atomic E-state index is 14.1. The predicted octanol–water partition coefficient (Wildman–Crippen LogP) is 3.70. The molecule has 3 heteroatoms. The van der Waals surface area contributed by atoms with Crippen molar-refractivity contribution >= 4 is 0 Å². The average Bonchev–Trinajstić information content (AvgIpc) is 2.75. The molecule has 21 heavy (non-hydrogen) atoms. The number of likely N-dealkylation sites (tertiary alicyclic amines) is 1. The fraction of sp³-hybridized carbons (Fsp3) is 0.667. The molecule has 1 aliphatic heterocycles. The Bertz CT molecular complexity index is 439. The van der Waals surface area contributed by atoms with Crippen LogP contribution in [0.15, 0.2) is 24.3 Å². The van der Waals surface area contributed by atoms with Crippen molar-refractivity contribution in [2.24, 2.45) is 17.8 Å². The van der Waals surface area contributed by atoms with Crippen molar-refractivity contribution in [1.29, 1.82) is 0 Å². The Balaban J connectivity index is 2.06. The molecule has 2 rings (SSSR count). The van der Waals surface area contributed by atoms with Crippen LogP contribution in [0.25, 0.3) is 0 Å². The standard InChI is InChI=1S/C18H29FN2/c1-5-20-18(16-8-6-7-9-17(16)19)15(4)12-21-10-13(2)14(3)11-21/h6-9,13-15,18,20H,5,10-12H2,1-4H3. The Morgan fingerprint density at radius 1 is 1.24 bits per heavy atom. The largest absolute Gasteiger partial charge is 0.310 e. The molecule has 118 valence electrons. The van der Waals surface area contributed by atoms with E-state index < -0.39 is 0 Å². The van der Waals surface area contributed by atoms with Crippen molar-refractivity contribution in [2.45, 2.75) is 33.7 Å². The topological polar surface area (TPSA) is 15.3 Å². The first-order chi connectivity index (χ1) is 10.0. The van der Waals surface area contributed by atoms with Crippen molar-refractivity contribution < 1.29 is 4.39 Å². The summed E-state index contributed by atoms with van der Waals surface area (Å²) in [5.74, 6) is 1.82. The summed E-state index contributed by atoms with van der Waals surface area (Å²) in [4.78, 5) is 2.53. The molecule has 0 aliphatic carbocycles. The minimum atomic E-state index is -0.0986. The highest BCUT2D eigenvalue weighted by atomic mass is 19.1. The fourth-order valence-corrected chi connectivity index (χ4v) is 3.48. The van der Waals surface area contributed by atoms with Crippen molar-refractivity contribution in [3.63, 3.8) is 0 Å². The summed E-state index contributed by atoms with van der Waals surface area (Å²) in [7, 11) is 0. The fourth-order valence-electron chi connectivity index (χ4n) is 3.48. The van der Waals surface area contributed by atoms with E-state index in [1.165, 1.54) is 13.1 Å².